The summed E-state index contributed by atoms with van der Waals surface area (Å²) in [5.74, 6) is 1.55. The molecule has 0 aliphatic carbocycles. The van der Waals surface area contributed by atoms with Gasteiger partial charge in [-0.3, -0.25) is 4.79 Å². The maximum Gasteiger partial charge on any atom is 0.226 e. The molecule has 2 N–H and O–H groups in total. The van der Waals surface area contributed by atoms with Gasteiger partial charge in [-0.25, -0.2) is 9.97 Å². The van der Waals surface area contributed by atoms with E-state index in [0.717, 1.165) is 37.3 Å². The van der Waals surface area contributed by atoms with E-state index < -0.39 is 0 Å². The first-order valence-electron chi connectivity index (χ1n) is 6.61. The standard InChI is InChI=1S/C13H20N4OS/c1-3-10-7-11(14)16-13(15-10)19-8-9-5-4-6-17(2)12(9)18/h7,9H,3-6,8H2,1-2H3,(H2,14,15,16). The monoisotopic (exact) mass is 280 g/mol. The van der Waals surface area contributed by atoms with Crippen molar-refractivity contribution in [3.05, 3.63) is 11.8 Å². The smallest absolute Gasteiger partial charge is 0.226 e. The topological polar surface area (TPSA) is 72.1 Å². The van der Waals surface area contributed by atoms with Crippen molar-refractivity contribution in [2.24, 2.45) is 5.92 Å². The van der Waals surface area contributed by atoms with Crippen LogP contribution in [0.1, 0.15) is 25.5 Å². The van der Waals surface area contributed by atoms with Gasteiger partial charge in [-0.15, -0.1) is 0 Å². The number of piperidine rings is 1. The van der Waals surface area contributed by atoms with Crippen molar-refractivity contribution in [2.75, 3.05) is 25.1 Å². The molecular formula is C13H20N4OS. The van der Waals surface area contributed by atoms with Crippen LogP contribution in [-0.4, -0.2) is 40.1 Å². The first kappa shape index (κ1) is 14.1. The van der Waals surface area contributed by atoms with E-state index in [2.05, 4.69) is 9.97 Å². The SMILES string of the molecule is CCc1cc(N)nc(SCC2CCCN(C)C2=O)n1. The average molecular weight is 280 g/mol. The van der Waals surface area contributed by atoms with E-state index in [0.29, 0.717) is 11.0 Å². The van der Waals surface area contributed by atoms with Crippen molar-refractivity contribution in [1.82, 2.24) is 14.9 Å². The fourth-order valence-electron chi connectivity index (χ4n) is 2.19. The molecule has 6 heteroatoms. The summed E-state index contributed by atoms with van der Waals surface area (Å²) in [7, 11) is 1.87. The number of nitrogens with zero attached hydrogens (tertiary/aromatic N) is 3. The van der Waals surface area contributed by atoms with E-state index >= 15 is 0 Å². The summed E-state index contributed by atoms with van der Waals surface area (Å²) in [6.07, 6.45) is 2.87. The van der Waals surface area contributed by atoms with Crippen LogP contribution in [0.2, 0.25) is 0 Å². The molecule has 2 heterocycles. The van der Waals surface area contributed by atoms with Gasteiger partial charge in [-0.1, -0.05) is 18.7 Å². The first-order valence-corrected chi connectivity index (χ1v) is 7.60. The van der Waals surface area contributed by atoms with Crippen molar-refractivity contribution >= 4 is 23.5 Å². The number of aromatic nitrogens is 2. The van der Waals surface area contributed by atoms with Crippen molar-refractivity contribution < 1.29 is 4.79 Å². The third-order valence-electron chi connectivity index (χ3n) is 3.33. The lowest BCUT2D eigenvalue weighted by Crippen LogP contribution is -2.39. The average Bonchev–Trinajstić information content (AvgIpc) is 2.40. The van der Waals surface area contributed by atoms with Gasteiger partial charge < -0.3 is 10.6 Å². The van der Waals surface area contributed by atoms with E-state index in [9.17, 15) is 4.79 Å². The van der Waals surface area contributed by atoms with Crippen LogP contribution in [0.15, 0.2) is 11.2 Å². The summed E-state index contributed by atoms with van der Waals surface area (Å²) in [4.78, 5) is 22.4. The Kier molecular flexibility index (Phi) is 4.63. The van der Waals surface area contributed by atoms with E-state index in [1.807, 2.05) is 18.9 Å². The number of amides is 1. The Labute approximate surface area is 118 Å². The highest BCUT2D eigenvalue weighted by molar-refractivity contribution is 7.99. The molecule has 0 bridgehead atoms. The number of hydrogen-bond acceptors (Lipinski definition) is 5. The number of aryl methyl sites for hydroxylation is 1. The summed E-state index contributed by atoms with van der Waals surface area (Å²) in [5, 5.41) is 0.679. The Morgan fingerprint density at radius 3 is 3.05 bits per heavy atom. The van der Waals surface area contributed by atoms with Crippen molar-refractivity contribution in [3.8, 4) is 0 Å². The molecule has 2 rings (SSSR count). The van der Waals surface area contributed by atoms with Gasteiger partial charge in [0, 0.05) is 37.0 Å². The second kappa shape index (κ2) is 6.23. The van der Waals surface area contributed by atoms with Crippen LogP contribution in [0.3, 0.4) is 0 Å². The van der Waals surface area contributed by atoms with E-state index in [1.165, 1.54) is 11.8 Å². The minimum atomic E-state index is 0.0823. The van der Waals surface area contributed by atoms with Crippen molar-refractivity contribution in [3.63, 3.8) is 0 Å². The summed E-state index contributed by atoms with van der Waals surface area (Å²) in [5.41, 5.74) is 6.70. The van der Waals surface area contributed by atoms with Crippen LogP contribution in [0, 0.1) is 5.92 Å². The minimum absolute atomic E-state index is 0.0823. The zero-order valence-corrected chi connectivity index (χ0v) is 12.2. The zero-order valence-electron chi connectivity index (χ0n) is 11.4. The third-order valence-corrected chi connectivity index (χ3v) is 4.34. The molecule has 1 amide bonds. The van der Waals surface area contributed by atoms with Crippen LogP contribution >= 0.6 is 11.8 Å². The quantitative estimate of drug-likeness (QED) is 0.669. The molecule has 1 fully saturated rings. The predicted molar refractivity (Wildman–Crippen MR) is 76.9 cm³/mol. The molecule has 0 saturated carbocycles. The Balaban J connectivity index is 1.98. The van der Waals surface area contributed by atoms with Crippen LogP contribution in [0.25, 0.3) is 0 Å². The highest BCUT2D eigenvalue weighted by atomic mass is 32.2. The van der Waals surface area contributed by atoms with Gasteiger partial charge in [0.05, 0.1) is 0 Å². The van der Waals surface area contributed by atoms with Gasteiger partial charge in [-0.05, 0) is 19.3 Å². The largest absolute Gasteiger partial charge is 0.384 e. The third kappa shape index (κ3) is 3.59. The van der Waals surface area contributed by atoms with Crippen LogP contribution in [0.4, 0.5) is 5.82 Å². The highest BCUT2D eigenvalue weighted by Crippen LogP contribution is 2.25. The molecule has 0 spiro atoms. The molecule has 1 aliphatic rings. The van der Waals surface area contributed by atoms with E-state index in [1.54, 1.807) is 6.07 Å². The predicted octanol–water partition coefficient (Wildman–Crippen LogP) is 1.58. The molecule has 1 saturated heterocycles. The second-order valence-corrected chi connectivity index (χ2v) is 5.82. The Hall–Kier alpha value is -1.30. The summed E-state index contributed by atoms with van der Waals surface area (Å²) < 4.78 is 0. The maximum atomic E-state index is 12.0. The van der Waals surface area contributed by atoms with Gasteiger partial charge in [0.15, 0.2) is 5.16 Å². The van der Waals surface area contributed by atoms with Crippen LogP contribution in [0.5, 0.6) is 0 Å². The molecular weight excluding hydrogens is 260 g/mol. The molecule has 5 nitrogen and oxygen atoms in total. The number of nitrogens with two attached hydrogens (primary N) is 1. The maximum absolute atomic E-state index is 12.0. The first-order chi connectivity index (χ1) is 9.10. The van der Waals surface area contributed by atoms with Gasteiger partial charge in [0.25, 0.3) is 0 Å². The van der Waals surface area contributed by atoms with Gasteiger partial charge >= 0.3 is 0 Å². The lowest BCUT2D eigenvalue weighted by atomic mass is 10.00. The number of rotatable bonds is 4. The van der Waals surface area contributed by atoms with Gasteiger partial charge in [-0.2, -0.15) is 0 Å². The van der Waals surface area contributed by atoms with Crippen molar-refractivity contribution in [2.45, 2.75) is 31.3 Å². The Bertz CT molecular complexity index is 466. The fourth-order valence-corrected chi connectivity index (χ4v) is 3.20. The molecule has 1 aromatic heterocycles. The zero-order chi connectivity index (χ0) is 13.8. The normalized spacial score (nSPS) is 19.8. The highest BCUT2D eigenvalue weighted by Gasteiger charge is 2.26. The van der Waals surface area contributed by atoms with Crippen LogP contribution in [-0.2, 0) is 11.2 Å². The molecule has 0 aromatic carbocycles. The number of anilines is 1. The number of nitrogen functional groups attached to an aromatic ring is 1. The lowest BCUT2D eigenvalue weighted by Gasteiger charge is -2.28. The van der Waals surface area contributed by atoms with Crippen LogP contribution < -0.4 is 5.73 Å². The van der Waals surface area contributed by atoms with Gasteiger partial charge in [0.1, 0.15) is 5.82 Å². The number of carbonyl (C=O) groups is 1. The molecule has 0 radical (unpaired) electrons. The number of thioether (sulfide) groups is 1. The second-order valence-electron chi connectivity index (χ2n) is 4.83. The summed E-state index contributed by atoms with van der Waals surface area (Å²) >= 11 is 1.53. The molecule has 104 valence electrons. The number of likely N-dealkylation sites (tertiary alicyclic amines) is 1. The van der Waals surface area contributed by atoms with Gasteiger partial charge in [0.2, 0.25) is 5.91 Å². The Morgan fingerprint density at radius 1 is 1.53 bits per heavy atom. The number of carbonyl (C=O) groups excluding carboxylic acids is 1. The van der Waals surface area contributed by atoms with Crippen molar-refractivity contribution in [1.29, 1.82) is 0 Å². The molecule has 1 unspecified atom stereocenters. The minimum Gasteiger partial charge on any atom is -0.384 e. The lowest BCUT2D eigenvalue weighted by molar-refractivity contribution is -0.135. The molecule has 19 heavy (non-hydrogen) atoms. The van der Waals surface area contributed by atoms with E-state index in [-0.39, 0.29) is 11.8 Å². The summed E-state index contributed by atoms with van der Waals surface area (Å²) in [6.45, 7) is 2.91. The number of hydrogen-bond donors (Lipinski definition) is 1. The molecule has 1 aliphatic heterocycles. The van der Waals surface area contributed by atoms with E-state index in [4.69, 9.17) is 5.73 Å². The Morgan fingerprint density at radius 2 is 2.32 bits per heavy atom. The molecule has 1 atom stereocenters. The fraction of sp³-hybridized carbons (Fsp3) is 0.615. The molecule has 1 aromatic rings. The summed E-state index contributed by atoms with van der Waals surface area (Å²) in [6, 6.07) is 1.80.